The van der Waals surface area contributed by atoms with Gasteiger partial charge in [-0.3, -0.25) is 10.2 Å². The molecule has 0 spiro atoms. The fraction of sp³-hybridized carbons (Fsp3) is 0.938. The summed E-state index contributed by atoms with van der Waals surface area (Å²) in [7, 11) is 0. The van der Waals surface area contributed by atoms with Crippen molar-refractivity contribution in [2.45, 2.75) is 90.4 Å². The van der Waals surface area contributed by atoms with E-state index in [2.05, 4.69) is 44.0 Å². The Hall–Kier alpha value is -0.590. The molecule has 0 aromatic carbocycles. The van der Waals surface area contributed by atoms with E-state index in [-0.39, 0.29) is 5.54 Å². The summed E-state index contributed by atoms with van der Waals surface area (Å²) in [6.45, 7) is 12.0. The second-order valence-electron chi connectivity index (χ2n) is 6.71. The van der Waals surface area contributed by atoms with Gasteiger partial charge in [0.1, 0.15) is 5.54 Å². The van der Waals surface area contributed by atoms with E-state index in [1.54, 1.807) is 0 Å². The van der Waals surface area contributed by atoms with E-state index in [1.807, 2.05) is 6.92 Å². The predicted octanol–water partition coefficient (Wildman–Crippen LogP) is 3.31. The van der Waals surface area contributed by atoms with Gasteiger partial charge in [-0.2, -0.15) is 5.26 Å². The van der Waals surface area contributed by atoms with Crippen molar-refractivity contribution in [3.63, 3.8) is 0 Å². The van der Waals surface area contributed by atoms with Gasteiger partial charge in [-0.25, -0.2) is 0 Å². The van der Waals surface area contributed by atoms with Gasteiger partial charge in [0.2, 0.25) is 0 Å². The molecule has 0 aliphatic carbocycles. The molecule has 1 unspecified atom stereocenters. The van der Waals surface area contributed by atoms with Crippen LogP contribution in [0.3, 0.4) is 0 Å². The highest BCUT2D eigenvalue weighted by Gasteiger charge is 2.27. The second kappa shape index (κ2) is 7.26. The smallest absolute Gasteiger partial charge is 0.104 e. The Morgan fingerprint density at radius 2 is 1.89 bits per heavy atom. The SMILES string of the molecule is CC(C)NC(C)(C#N)CCCN1[C@H](C)CCC[C@@H]1C. The van der Waals surface area contributed by atoms with Crippen LogP contribution in [0.4, 0.5) is 0 Å². The molecule has 0 aromatic rings. The molecule has 1 N–H and O–H groups in total. The van der Waals surface area contributed by atoms with Crippen LogP contribution in [-0.2, 0) is 0 Å². The first-order chi connectivity index (χ1) is 8.88. The Balaban J connectivity index is 2.41. The van der Waals surface area contributed by atoms with E-state index >= 15 is 0 Å². The van der Waals surface area contributed by atoms with Gasteiger partial charge >= 0.3 is 0 Å². The Bertz CT molecular complexity index is 298. The normalized spacial score (nSPS) is 28.1. The third-order valence-electron chi connectivity index (χ3n) is 4.32. The van der Waals surface area contributed by atoms with Crippen molar-refractivity contribution in [1.29, 1.82) is 5.26 Å². The van der Waals surface area contributed by atoms with Gasteiger partial charge in [-0.05, 0) is 66.8 Å². The molecule has 1 aliphatic rings. The van der Waals surface area contributed by atoms with E-state index in [0.717, 1.165) is 19.4 Å². The third-order valence-corrected chi connectivity index (χ3v) is 4.32. The Morgan fingerprint density at radius 3 is 2.37 bits per heavy atom. The lowest BCUT2D eigenvalue weighted by atomic mass is 9.94. The van der Waals surface area contributed by atoms with Crippen molar-refractivity contribution in [1.82, 2.24) is 10.2 Å². The molecule has 1 rings (SSSR count). The number of rotatable bonds is 6. The largest absolute Gasteiger partial charge is 0.298 e. The molecule has 1 aliphatic heterocycles. The molecule has 19 heavy (non-hydrogen) atoms. The first-order valence-electron chi connectivity index (χ1n) is 7.82. The lowest BCUT2D eigenvalue weighted by molar-refractivity contribution is 0.0991. The molecule has 110 valence electrons. The average molecular weight is 265 g/mol. The predicted molar refractivity (Wildman–Crippen MR) is 81.0 cm³/mol. The van der Waals surface area contributed by atoms with Gasteiger partial charge < -0.3 is 0 Å². The average Bonchev–Trinajstić information content (AvgIpc) is 2.32. The number of likely N-dealkylation sites (tertiary alicyclic amines) is 1. The van der Waals surface area contributed by atoms with Crippen LogP contribution in [0.5, 0.6) is 0 Å². The molecular formula is C16H31N3. The Kier molecular flexibility index (Phi) is 6.29. The number of hydrogen-bond acceptors (Lipinski definition) is 3. The lowest BCUT2D eigenvalue weighted by Gasteiger charge is -2.39. The van der Waals surface area contributed by atoms with Crippen molar-refractivity contribution in [3.8, 4) is 6.07 Å². The highest BCUT2D eigenvalue weighted by atomic mass is 15.2. The molecule has 0 bridgehead atoms. The van der Waals surface area contributed by atoms with Crippen LogP contribution in [0.15, 0.2) is 0 Å². The first kappa shape index (κ1) is 16.5. The molecule has 3 nitrogen and oxygen atoms in total. The van der Waals surface area contributed by atoms with Gasteiger partial charge in [0.25, 0.3) is 0 Å². The minimum absolute atomic E-state index is 0.359. The summed E-state index contributed by atoms with van der Waals surface area (Å²) in [6, 6.07) is 4.21. The summed E-state index contributed by atoms with van der Waals surface area (Å²) in [5.74, 6) is 0. The van der Waals surface area contributed by atoms with Gasteiger partial charge in [-0.1, -0.05) is 6.42 Å². The molecule has 0 saturated carbocycles. The number of hydrogen-bond donors (Lipinski definition) is 1. The summed E-state index contributed by atoms with van der Waals surface area (Å²) < 4.78 is 0. The maximum atomic E-state index is 9.35. The molecule has 3 atom stereocenters. The van der Waals surface area contributed by atoms with Crippen LogP contribution in [0, 0.1) is 11.3 Å². The topological polar surface area (TPSA) is 39.1 Å². The Morgan fingerprint density at radius 1 is 1.32 bits per heavy atom. The number of nitriles is 1. The summed E-state index contributed by atoms with van der Waals surface area (Å²) >= 11 is 0. The fourth-order valence-corrected chi connectivity index (χ4v) is 3.33. The van der Waals surface area contributed by atoms with Crippen LogP contribution in [0.25, 0.3) is 0 Å². The van der Waals surface area contributed by atoms with E-state index < -0.39 is 0 Å². The van der Waals surface area contributed by atoms with Gasteiger partial charge in [0.05, 0.1) is 6.07 Å². The maximum absolute atomic E-state index is 9.35. The zero-order valence-electron chi connectivity index (χ0n) is 13.4. The summed E-state index contributed by atoms with van der Waals surface area (Å²) in [4.78, 5) is 2.62. The van der Waals surface area contributed by atoms with Crippen LogP contribution >= 0.6 is 0 Å². The molecule has 0 aromatic heterocycles. The first-order valence-corrected chi connectivity index (χ1v) is 7.82. The molecule has 1 fully saturated rings. The standard InChI is InChI=1S/C16H31N3/c1-13(2)18-16(5,12-17)10-7-11-19-14(3)8-6-9-15(19)4/h13-15,18H,6-11H2,1-5H3/t14-,15+,16?. The monoisotopic (exact) mass is 265 g/mol. The Labute approximate surface area is 119 Å². The van der Waals surface area contributed by atoms with E-state index in [9.17, 15) is 5.26 Å². The van der Waals surface area contributed by atoms with Crippen molar-refractivity contribution in [2.75, 3.05) is 6.54 Å². The molecule has 3 heteroatoms. The molecule has 0 radical (unpaired) electrons. The summed E-state index contributed by atoms with van der Waals surface area (Å²) in [6.07, 6.45) is 6.04. The highest BCUT2D eigenvalue weighted by Crippen LogP contribution is 2.23. The van der Waals surface area contributed by atoms with Gasteiger partial charge in [0, 0.05) is 18.1 Å². The van der Waals surface area contributed by atoms with Crippen molar-refractivity contribution in [2.24, 2.45) is 0 Å². The van der Waals surface area contributed by atoms with Crippen LogP contribution in [0.1, 0.15) is 66.7 Å². The maximum Gasteiger partial charge on any atom is 0.104 e. The molecular weight excluding hydrogens is 234 g/mol. The molecule has 1 heterocycles. The minimum atomic E-state index is -0.379. The van der Waals surface area contributed by atoms with E-state index in [4.69, 9.17) is 0 Å². The number of piperidine rings is 1. The van der Waals surface area contributed by atoms with Crippen LogP contribution < -0.4 is 5.32 Å². The van der Waals surface area contributed by atoms with Crippen molar-refractivity contribution >= 4 is 0 Å². The van der Waals surface area contributed by atoms with Gasteiger partial charge in [0.15, 0.2) is 0 Å². The zero-order valence-corrected chi connectivity index (χ0v) is 13.4. The quantitative estimate of drug-likeness (QED) is 0.801. The second-order valence-corrected chi connectivity index (χ2v) is 6.71. The van der Waals surface area contributed by atoms with Crippen molar-refractivity contribution < 1.29 is 0 Å². The molecule has 1 saturated heterocycles. The summed E-state index contributed by atoms with van der Waals surface area (Å²) in [5, 5.41) is 12.7. The number of nitrogens with one attached hydrogen (secondary N) is 1. The fourth-order valence-electron chi connectivity index (χ4n) is 3.33. The van der Waals surface area contributed by atoms with E-state index in [1.165, 1.54) is 19.3 Å². The lowest BCUT2D eigenvalue weighted by Crippen LogP contribution is -2.47. The van der Waals surface area contributed by atoms with Crippen LogP contribution in [0.2, 0.25) is 0 Å². The van der Waals surface area contributed by atoms with Crippen LogP contribution in [-0.4, -0.2) is 35.1 Å². The van der Waals surface area contributed by atoms with E-state index in [0.29, 0.717) is 18.1 Å². The number of nitrogens with zero attached hydrogens (tertiary/aromatic N) is 2. The minimum Gasteiger partial charge on any atom is -0.298 e. The highest BCUT2D eigenvalue weighted by molar-refractivity contribution is 5.04. The van der Waals surface area contributed by atoms with Gasteiger partial charge in [-0.15, -0.1) is 0 Å². The molecule has 0 amide bonds. The van der Waals surface area contributed by atoms with Crippen molar-refractivity contribution in [3.05, 3.63) is 0 Å². The zero-order chi connectivity index (χ0) is 14.5. The summed E-state index contributed by atoms with van der Waals surface area (Å²) in [5.41, 5.74) is -0.379. The third kappa shape index (κ3) is 5.12.